The van der Waals surface area contributed by atoms with Gasteiger partial charge in [0.05, 0.1) is 18.5 Å². The highest BCUT2D eigenvalue weighted by Gasteiger charge is 2.23. The number of aromatic amines is 1. The first-order chi connectivity index (χ1) is 14.2. The monoisotopic (exact) mass is 391 g/mol. The lowest BCUT2D eigenvalue weighted by molar-refractivity contribution is -0.128. The third-order valence-electron chi connectivity index (χ3n) is 5.04. The van der Waals surface area contributed by atoms with Crippen molar-refractivity contribution in [2.24, 2.45) is 0 Å². The maximum Gasteiger partial charge on any atom is 0.223 e. The topological polar surface area (TPSA) is 92.6 Å². The number of likely N-dealkylation sites (tertiary alicyclic amines) is 1. The summed E-state index contributed by atoms with van der Waals surface area (Å²) in [6.45, 7) is 1.36. The maximum atomic E-state index is 14.1. The Bertz CT molecular complexity index is 1200. The number of rotatable bonds is 5. The summed E-state index contributed by atoms with van der Waals surface area (Å²) < 4.78 is 15.8. The quantitative estimate of drug-likeness (QED) is 0.564. The smallest absolute Gasteiger partial charge is 0.223 e. The van der Waals surface area contributed by atoms with Gasteiger partial charge in [0.25, 0.3) is 0 Å². The highest BCUT2D eigenvalue weighted by Crippen LogP contribution is 2.25. The highest BCUT2D eigenvalue weighted by molar-refractivity contribution is 5.89. The Morgan fingerprint density at radius 2 is 2.03 bits per heavy atom. The van der Waals surface area contributed by atoms with E-state index in [1.165, 1.54) is 6.07 Å². The Hall–Kier alpha value is -3.62. The number of carbonyl (C=O) groups is 1. The van der Waals surface area contributed by atoms with Gasteiger partial charge in [0.1, 0.15) is 11.5 Å². The summed E-state index contributed by atoms with van der Waals surface area (Å²) >= 11 is 0. The first kappa shape index (κ1) is 17.5. The average molecular weight is 391 g/mol. The molecule has 4 aromatic rings. The van der Waals surface area contributed by atoms with Crippen LogP contribution in [0.15, 0.2) is 42.6 Å². The number of amides is 1. The molecule has 1 aliphatic heterocycles. The van der Waals surface area contributed by atoms with Crippen LogP contribution < -0.4 is 0 Å². The minimum Gasteiger partial charge on any atom is -0.335 e. The van der Waals surface area contributed by atoms with E-state index in [2.05, 4.69) is 25.3 Å². The summed E-state index contributed by atoms with van der Waals surface area (Å²) in [7, 11) is 0. The van der Waals surface area contributed by atoms with Gasteiger partial charge in [0, 0.05) is 24.7 Å². The van der Waals surface area contributed by atoms with E-state index in [0.29, 0.717) is 41.5 Å². The molecule has 0 bridgehead atoms. The number of aromatic nitrogens is 6. The first-order valence-corrected chi connectivity index (χ1v) is 9.43. The molecule has 1 amide bonds. The van der Waals surface area contributed by atoms with Gasteiger partial charge in [-0.15, -0.1) is 0 Å². The normalized spacial score (nSPS) is 14.2. The molecule has 5 rings (SSSR count). The minimum atomic E-state index is -0.286. The number of hydrogen-bond donors (Lipinski definition) is 1. The van der Waals surface area contributed by atoms with Gasteiger partial charge in [0.15, 0.2) is 17.3 Å². The number of hydrogen-bond acceptors (Lipinski definition) is 5. The third kappa shape index (κ3) is 3.24. The Morgan fingerprint density at radius 1 is 1.14 bits per heavy atom. The van der Waals surface area contributed by atoms with E-state index >= 15 is 0 Å². The maximum absolute atomic E-state index is 14.1. The molecule has 0 spiro atoms. The molecule has 0 unspecified atom stereocenters. The number of halogens is 1. The molecule has 8 nitrogen and oxygen atoms in total. The van der Waals surface area contributed by atoms with Gasteiger partial charge in [-0.05, 0) is 24.6 Å². The van der Waals surface area contributed by atoms with Gasteiger partial charge < -0.3 is 4.90 Å². The number of benzene rings is 1. The van der Waals surface area contributed by atoms with E-state index in [9.17, 15) is 9.18 Å². The first-order valence-electron chi connectivity index (χ1n) is 9.43. The molecule has 3 aromatic heterocycles. The van der Waals surface area contributed by atoms with Crippen molar-refractivity contribution in [3.8, 4) is 11.5 Å². The van der Waals surface area contributed by atoms with Crippen LogP contribution in [-0.4, -0.2) is 47.3 Å². The molecule has 1 saturated heterocycles. The Kier molecular flexibility index (Phi) is 4.27. The van der Waals surface area contributed by atoms with Gasteiger partial charge in [-0.1, -0.05) is 18.2 Å². The molecule has 4 heterocycles. The standard InChI is InChI=1S/C20H18FN7O/c21-15-7-2-1-5-13(15)11-28-20-14(6-3-9-22-20)18(26-28)19-23-16(24-25-19)12-27-10-4-8-17(27)29/h1-3,5-7,9H,4,8,10-12H2,(H,23,24,25). The fourth-order valence-corrected chi connectivity index (χ4v) is 3.60. The SMILES string of the molecule is O=C1CCCN1Cc1n[nH]c(-c2nn(Cc3ccccc3F)c3ncccc23)n1. The van der Waals surface area contributed by atoms with Crippen molar-refractivity contribution in [3.05, 3.63) is 59.8 Å². The van der Waals surface area contributed by atoms with Gasteiger partial charge in [0.2, 0.25) is 5.91 Å². The summed E-state index contributed by atoms with van der Waals surface area (Å²) in [5.74, 6) is 0.874. The lowest BCUT2D eigenvalue weighted by atomic mass is 10.2. The number of nitrogens with one attached hydrogen (secondary N) is 1. The summed E-state index contributed by atoms with van der Waals surface area (Å²) in [4.78, 5) is 22.5. The summed E-state index contributed by atoms with van der Waals surface area (Å²) in [5, 5.41) is 12.6. The molecule has 29 heavy (non-hydrogen) atoms. The van der Waals surface area contributed by atoms with E-state index in [4.69, 9.17) is 0 Å². The van der Waals surface area contributed by atoms with Crippen LogP contribution in [-0.2, 0) is 17.9 Å². The predicted octanol–water partition coefficient (Wildman–Crippen LogP) is 2.53. The van der Waals surface area contributed by atoms with E-state index in [1.807, 2.05) is 12.1 Å². The van der Waals surface area contributed by atoms with Gasteiger partial charge in [-0.25, -0.2) is 19.0 Å². The molecule has 1 aromatic carbocycles. The molecule has 0 aliphatic carbocycles. The molecule has 0 saturated carbocycles. The van der Waals surface area contributed by atoms with Crippen molar-refractivity contribution in [1.29, 1.82) is 0 Å². The van der Waals surface area contributed by atoms with Crippen LogP contribution in [0.3, 0.4) is 0 Å². The van der Waals surface area contributed by atoms with Crippen molar-refractivity contribution in [2.75, 3.05) is 6.54 Å². The van der Waals surface area contributed by atoms with Crippen LogP contribution >= 0.6 is 0 Å². The molecule has 1 aliphatic rings. The van der Waals surface area contributed by atoms with E-state index < -0.39 is 0 Å². The zero-order valence-electron chi connectivity index (χ0n) is 15.5. The molecule has 1 N–H and O–H groups in total. The summed E-state index contributed by atoms with van der Waals surface area (Å²) in [5.41, 5.74) is 1.76. The molecule has 146 valence electrons. The number of fused-ring (bicyclic) bond motifs is 1. The number of H-pyrrole nitrogens is 1. The van der Waals surface area contributed by atoms with E-state index in [-0.39, 0.29) is 18.3 Å². The van der Waals surface area contributed by atoms with E-state index in [1.54, 1.807) is 34.0 Å². The van der Waals surface area contributed by atoms with Gasteiger partial charge in [-0.2, -0.15) is 10.2 Å². The van der Waals surface area contributed by atoms with E-state index in [0.717, 1.165) is 18.4 Å². The lowest BCUT2D eigenvalue weighted by Crippen LogP contribution is -2.24. The van der Waals surface area contributed by atoms with Crippen molar-refractivity contribution in [3.63, 3.8) is 0 Å². The van der Waals surface area contributed by atoms with Crippen molar-refractivity contribution in [2.45, 2.75) is 25.9 Å². The predicted molar refractivity (Wildman–Crippen MR) is 103 cm³/mol. The van der Waals surface area contributed by atoms with Crippen LogP contribution in [0, 0.1) is 5.82 Å². The van der Waals surface area contributed by atoms with Crippen molar-refractivity contribution < 1.29 is 9.18 Å². The van der Waals surface area contributed by atoms with Crippen molar-refractivity contribution >= 4 is 16.9 Å². The van der Waals surface area contributed by atoms with Crippen LogP contribution in [0.4, 0.5) is 4.39 Å². The van der Waals surface area contributed by atoms with Crippen LogP contribution in [0.25, 0.3) is 22.6 Å². The zero-order valence-corrected chi connectivity index (χ0v) is 15.5. The van der Waals surface area contributed by atoms with Crippen LogP contribution in [0.2, 0.25) is 0 Å². The lowest BCUT2D eigenvalue weighted by Gasteiger charge is -2.11. The minimum absolute atomic E-state index is 0.125. The summed E-state index contributed by atoms with van der Waals surface area (Å²) in [6, 6.07) is 10.3. The Morgan fingerprint density at radius 3 is 2.86 bits per heavy atom. The third-order valence-corrected chi connectivity index (χ3v) is 5.04. The number of carbonyl (C=O) groups excluding carboxylic acids is 1. The van der Waals surface area contributed by atoms with Gasteiger partial charge in [-0.3, -0.25) is 9.89 Å². The molecule has 9 heteroatoms. The second-order valence-electron chi connectivity index (χ2n) is 6.99. The molecular weight excluding hydrogens is 373 g/mol. The van der Waals surface area contributed by atoms with Crippen LogP contribution in [0.5, 0.6) is 0 Å². The second kappa shape index (κ2) is 7.08. The van der Waals surface area contributed by atoms with Crippen molar-refractivity contribution in [1.82, 2.24) is 34.8 Å². The highest BCUT2D eigenvalue weighted by atomic mass is 19.1. The second-order valence-corrected chi connectivity index (χ2v) is 6.99. The molecule has 0 radical (unpaired) electrons. The molecule has 0 atom stereocenters. The largest absolute Gasteiger partial charge is 0.335 e. The van der Waals surface area contributed by atoms with Crippen LogP contribution in [0.1, 0.15) is 24.2 Å². The molecule has 1 fully saturated rings. The summed E-state index contributed by atoms with van der Waals surface area (Å²) in [6.07, 6.45) is 3.12. The fourth-order valence-electron chi connectivity index (χ4n) is 3.60. The average Bonchev–Trinajstić information content (AvgIpc) is 3.44. The Balaban J connectivity index is 1.49. The molecular formula is C20H18FN7O. The fraction of sp³-hybridized carbons (Fsp3) is 0.250. The number of nitrogens with zero attached hydrogens (tertiary/aromatic N) is 6. The zero-order chi connectivity index (χ0) is 19.8. The number of pyridine rings is 1. The Labute approximate surface area is 165 Å². The van der Waals surface area contributed by atoms with Gasteiger partial charge >= 0.3 is 0 Å².